The predicted octanol–water partition coefficient (Wildman–Crippen LogP) is -3.13. The molecule has 4 heavy (non-hydrogen) atoms. The predicted molar refractivity (Wildman–Crippen MR) is 31.4 cm³/mol. The molecule has 0 unspecified atom stereocenters. The van der Waals surface area contributed by atoms with Gasteiger partial charge in [-0.05, 0) is 0 Å². The van der Waals surface area contributed by atoms with Crippen molar-refractivity contribution >= 4 is 93.3 Å². The van der Waals surface area contributed by atoms with Gasteiger partial charge in [-0.2, -0.15) is 0 Å². The van der Waals surface area contributed by atoms with Crippen molar-refractivity contribution < 1.29 is 0 Å². The third-order valence-corrected chi connectivity index (χ3v) is 0. The first kappa shape index (κ1) is 27.8. The van der Waals surface area contributed by atoms with Gasteiger partial charge in [-0.25, -0.2) is 0 Å². The van der Waals surface area contributed by atoms with E-state index in [1.807, 2.05) is 0 Å². The van der Waals surface area contributed by atoms with Gasteiger partial charge in [-0.1, -0.05) is 0 Å². The van der Waals surface area contributed by atoms with Crippen LogP contribution in [0.5, 0.6) is 0 Å². The summed E-state index contributed by atoms with van der Waals surface area (Å²) in [5.41, 5.74) is 0. The molecule has 0 aliphatic rings. The van der Waals surface area contributed by atoms with Gasteiger partial charge in [0, 0.05) is 0 Å². The second kappa shape index (κ2) is 16.6. The average Bonchev–Trinajstić information content (AvgIpc) is 0. The molecule has 0 atom stereocenters. The van der Waals surface area contributed by atoms with E-state index in [4.69, 9.17) is 0 Å². The number of rotatable bonds is 0. The molecule has 0 saturated heterocycles. The molecule has 0 N–H and O–H groups in total. The summed E-state index contributed by atoms with van der Waals surface area (Å²) < 4.78 is 0. The summed E-state index contributed by atoms with van der Waals surface area (Å²) in [6.07, 6.45) is 0. The van der Waals surface area contributed by atoms with Gasteiger partial charge in [-0.3, -0.25) is 0 Å². The summed E-state index contributed by atoms with van der Waals surface area (Å²) in [5, 5.41) is 0. The SMILES string of the molecule is [NaH].[NaH].[SeH2].[SeH2]. The Bertz CT molecular complexity index is 4.00. The van der Waals surface area contributed by atoms with Crippen LogP contribution in [0.3, 0.4) is 0 Å². The van der Waals surface area contributed by atoms with Crippen LogP contribution in [0, 0.1) is 0 Å². The van der Waals surface area contributed by atoms with E-state index < -0.39 is 0 Å². The van der Waals surface area contributed by atoms with Crippen molar-refractivity contribution in [2.24, 2.45) is 0 Å². The number of hydrogen-bond donors (Lipinski definition) is 0. The molecule has 0 aromatic rings. The van der Waals surface area contributed by atoms with E-state index in [1.54, 1.807) is 0 Å². The molecule has 0 aliphatic carbocycles. The Morgan fingerprint density at radius 3 is 0.500 bits per heavy atom. The topological polar surface area (TPSA) is 0 Å². The van der Waals surface area contributed by atoms with Gasteiger partial charge < -0.3 is 0 Å². The monoisotopic (exact) mass is 212 g/mol. The van der Waals surface area contributed by atoms with Crippen molar-refractivity contribution in [3.05, 3.63) is 0 Å². The van der Waals surface area contributed by atoms with Crippen molar-refractivity contribution in [2.75, 3.05) is 0 Å². The summed E-state index contributed by atoms with van der Waals surface area (Å²) in [7, 11) is 0. The van der Waals surface area contributed by atoms with Crippen LogP contribution in [0.25, 0.3) is 0 Å². The number of hydrogen-bond acceptors (Lipinski definition) is 0. The van der Waals surface area contributed by atoms with Crippen LogP contribution < -0.4 is 0 Å². The van der Waals surface area contributed by atoms with E-state index in [-0.39, 0.29) is 93.3 Å². The van der Waals surface area contributed by atoms with Crippen LogP contribution >= 0.6 is 0 Å². The van der Waals surface area contributed by atoms with Crippen LogP contribution in [-0.2, 0) is 0 Å². The Balaban J connectivity index is 0. The first-order chi connectivity index (χ1) is 0. The molecule has 20 valence electrons. The molecule has 0 amide bonds. The van der Waals surface area contributed by atoms with Crippen LogP contribution in [0.15, 0.2) is 0 Å². The maximum atomic E-state index is 0. The van der Waals surface area contributed by atoms with Gasteiger partial charge in [0.1, 0.15) is 0 Å². The minimum absolute atomic E-state index is 0. The third kappa shape index (κ3) is 8.90. The molecule has 0 bridgehead atoms. The van der Waals surface area contributed by atoms with Gasteiger partial charge in [0.25, 0.3) is 0 Å². The van der Waals surface area contributed by atoms with Crippen molar-refractivity contribution in [2.45, 2.75) is 0 Å². The van der Waals surface area contributed by atoms with E-state index in [9.17, 15) is 0 Å². The fourth-order valence-electron chi connectivity index (χ4n) is 0. The Morgan fingerprint density at radius 1 is 0.500 bits per heavy atom. The Labute approximate surface area is 91.4 Å². The molecule has 0 aromatic carbocycles. The molecule has 0 rings (SSSR count). The molecule has 0 aliphatic heterocycles. The van der Waals surface area contributed by atoms with Crippen LogP contribution in [0.2, 0.25) is 0 Å². The zero-order chi connectivity index (χ0) is 0. The fourth-order valence-corrected chi connectivity index (χ4v) is 0. The molecular formula is H6Na2Se2. The average molecular weight is 210 g/mol. The molecule has 0 radical (unpaired) electrons. The van der Waals surface area contributed by atoms with Gasteiger partial charge in [0.15, 0.2) is 0 Å². The molecule has 0 spiro atoms. The minimum atomic E-state index is 0. The normalized spacial score (nSPS) is 0. The van der Waals surface area contributed by atoms with E-state index >= 15 is 0 Å². The first-order valence-corrected chi connectivity index (χ1v) is 0. The van der Waals surface area contributed by atoms with E-state index in [1.165, 1.54) is 0 Å². The van der Waals surface area contributed by atoms with Crippen LogP contribution in [0.4, 0.5) is 0 Å². The van der Waals surface area contributed by atoms with Gasteiger partial charge in [0.05, 0.1) is 0 Å². The quantitative estimate of drug-likeness (QED) is 0.371. The van der Waals surface area contributed by atoms with E-state index in [0.29, 0.717) is 0 Å². The van der Waals surface area contributed by atoms with Crippen molar-refractivity contribution in [1.29, 1.82) is 0 Å². The third-order valence-electron chi connectivity index (χ3n) is 0. The zero-order valence-corrected chi connectivity index (χ0v) is 5.20. The molecule has 0 aromatic heterocycles. The zero-order valence-electron chi connectivity index (χ0n) is 1.00. The van der Waals surface area contributed by atoms with Crippen molar-refractivity contribution in [3.8, 4) is 0 Å². The second-order valence-electron chi connectivity index (χ2n) is 0. The summed E-state index contributed by atoms with van der Waals surface area (Å²) in [5.74, 6) is 0. The molecule has 4 heteroatoms. The Morgan fingerprint density at radius 2 is 0.500 bits per heavy atom. The molecule has 0 fully saturated rings. The van der Waals surface area contributed by atoms with Crippen molar-refractivity contribution in [1.82, 2.24) is 0 Å². The molecule has 0 heterocycles. The van der Waals surface area contributed by atoms with E-state index in [2.05, 4.69) is 0 Å². The first-order valence-electron chi connectivity index (χ1n) is 0. The van der Waals surface area contributed by atoms with E-state index in [0.717, 1.165) is 0 Å². The fraction of sp³-hybridized carbons (Fsp3) is 0. The van der Waals surface area contributed by atoms with Crippen molar-refractivity contribution in [3.63, 3.8) is 0 Å². The van der Waals surface area contributed by atoms with Gasteiger partial charge >= 0.3 is 93.3 Å². The van der Waals surface area contributed by atoms with Gasteiger partial charge in [-0.15, -0.1) is 0 Å². The maximum absolute atomic E-state index is 0. The van der Waals surface area contributed by atoms with Crippen LogP contribution in [-0.4, -0.2) is 93.3 Å². The Hall–Kier alpha value is 3.04. The molecule has 0 nitrogen and oxygen atoms in total. The van der Waals surface area contributed by atoms with Gasteiger partial charge in [0.2, 0.25) is 0 Å². The summed E-state index contributed by atoms with van der Waals surface area (Å²) in [6, 6.07) is 0. The standard InChI is InChI=1S/2Na.2H2Se.2H/h;;2*1H2;;. The molecule has 0 saturated carbocycles. The second-order valence-corrected chi connectivity index (χ2v) is 0. The Kier molecular flexibility index (Phi) is 115. The van der Waals surface area contributed by atoms with Crippen LogP contribution in [0.1, 0.15) is 0 Å². The summed E-state index contributed by atoms with van der Waals surface area (Å²) >= 11 is 0. The molecular weight excluding hydrogens is 204 g/mol. The summed E-state index contributed by atoms with van der Waals surface area (Å²) in [4.78, 5) is 0. The summed E-state index contributed by atoms with van der Waals surface area (Å²) in [6.45, 7) is 0.